The van der Waals surface area contributed by atoms with Gasteiger partial charge in [-0.3, -0.25) is 4.79 Å². The molecule has 2 heterocycles. The molecule has 2 aromatic carbocycles. The molecule has 0 atom stereocenters. The number of hydrogen-bond acceptors (Lipinski definition) is 3. The van der Waals surface area contributed by atoms with Gasteiger partial charge in [0, 0.05) is 17.8 Å². The fourth-order valence-electron chi connectivity index (χ4n) is 2.99. The quantitative estimate of drug-likeness (QED) is 0.705. The van der Waals surface area contributed by atoms with Gasteiger partial charge in [-0.25, -0.2) is 0 Å². The highest BCUT2D eigenvalue weighted by molar-refractivity contribution is 6.33. The molecule has 4 nitrogen and oxygen atoms in total. The minimum atomic E-state index is -0.131. The van der Waals surface area contributed by atoms with E-state index in [9.17, 15) is 4.79 Å². The lowest BCUT2D eigenvalue weighted by atomic mass is 10.1. The Kier molecular flexibility index (Phi) is 3.54. The van der Waals surface area contributed by atoms with Crippen LogP contribution in [0.4, 0.5) is 11.4 Å². The van der Waals surface area contributed by atoms with Crippen molar-refractivity contribution in [1.82, 2.24) is 0 Å². The van der Waals surface area contributed by atoms with Crippen molar-refractivity contribution in [3.8, 4) is 11.3 Å². The smallest absolute Gasteiger partial charge is 0.294 e. The zero-order valence-electron chi connectivity index (χ0n) is 12.8. The van der Waals surface area contributed by atoms with Gasteiger partial charge >= 0.3 is 0 Å². The van der Waals surface area contributed by atoms with Crippen molar-refractivity contribution in [3.05, 3.63) is 70.9 Å². The van der Waals surface area contributed by atoms with Crippen LogP contribution in [-0.4, -0.2) is 12.5 Å². The lowest BCUT2D eigenvalue weighted by Crippen LogP contribution is -2.28. The molecular weight excluding hydrogens is 324 g/mol. The van der Waals surface area contributed by atoms with Gasteiger partial charge in [0.25, 0.3) is 5.91 Å². The van der Waals surface area contributed by atoms with Gasteiger partial charge in [-0.05, 0) is 48.4 Å². The van der Waals surface area contributed by atoms with Gasteiger partial charge in [0.1, 0.15) is 5.76 Å². The van der Waals surface area contributed by atoms with Crippen LogP contribution in [0.1, 0.15) is 16.1 Å². The molecule has 120 valence electrons. The Morgan fingerprint density at radius 3 is 2.79 bits per heavy atom. The summed E-state index contributed by atoms with van der Waals surface area (Å²) in [6.07, 6.45) is 0.864. The predicted octanol–water partition coefficient (Wildman–Crippen LogP) is 4.39. The third-order valence-corrected chi connectivity index (χ3v) is 4.57. The first kappa shape index (κ1) is 14.8. The summed E-state index contributed by atoms with van der Waals surface area (Å²) >= 11 is 5.94. The normalized spacial score (nSPS) is 13.1. The third-order valence-electron chi connectivity index (χ3n) is 4.23. The predicted molar refractivity (Wildman–Crippen MR) is 95.4 cm³/mol. The van der Waals surface area contributed by atoms with Gasteiger partial charge in [-0.15, -0.1) is 0 Å². The number of furan rings is 1. The van der Waals surface area contributed by atoms with E-state index in [1.54, 1.807) is 29.2 Å². The molecule has 0 fully saturated rings. The number of anilines is 2. The molecule has 0 spiro atoms. The molecule has 1 aromatic heterocycles. The molecule has 1 aliphatic heterocycles. The van der Waals surface area contributed by atoms with Gasteiger partial charge in [0.15, 0.2) is 5.76 Å². The van der Waals surface area contributed by atoms with E-state index in [0.717, 1.165) is 17.7 Å². The Bertz CT molecular complexity index is 933. The van der Waals surface area contributed by atoms with Gasteiger partial charge < -0.3 is 15.1 Å². The molecule has 0 radical (unpaired) electrons. The monoisotopic (exact) mass is 338 g/mol. The van der Waals surface area contributed by atoms with Crippen LogP contribution in [0.3, 0.4) is 0 Å². The zero-order chi connectivity index (χ0) is 16.7. The Hall–Kier alpha value is -2.72. The fourth-order valence-corrected chi connectivity index (χ4v) is 3.10. The molecule has 1 amide bonds. The van der Waals surface area contributed by atoms with E-state index in [1.165, 1.54) is 5.56 Å². The number of benzene rings is 2. The largest absolute Gasteiger partial charge is 0.451 e. The second-order valence-corrected chi connectivity index (χ2v) is 6.14. The van der Waals surface area contributed by atoms with Crippen LogP contribution < -0.4 is 10.6 Å². The molecule has 3 aromatic rings. The molecular formula is C19H15ClN2O2. The summed E-state index contributed by atoms with van der Waals surface area (Å²) in [7, 11) is 0. The van der Waals surface area contributed by atoms with Gasteiger partial charge in [0.05, 0.1) is 10.7 Å². The summed E-state index contributed by atoms with van der Waals surface area (Å²) in [5.74, 6) is 0.776. The third kappa shape index (κ3) is 2.45. The summed E-state index contributed by atoms with van der Waals surface area (Å²) in [6, 6.07) is 16.7. The van der Waals surface area contributed by atoms with Crippen molar-refractivity contribution >= 4 is 28.9 Å². The number of carbonyl (C=O) groups is 1. The van der Waals surface area contributed by atoms with Crippen LogP contribution >= 0.6 is 11.6 Å². The summed E-state index contributed by atoms with van der Waals surface area (Å²) in [4.78, 5) is 14.5. The van der Waals surface area contributed by atoms with Crippen molar-refractivity contribution in [2.45, 2.75) is 6.42 Å². The molecule has 5 heteroatoms. The number of para-hydroxylation sites is 1. The number of fused-ring (bicyclic) bond motifs is 1. The summed E-state index contributed by atoms with van der Waals surface area (Å²) in [5, 5.41) is 0.496. The number of halogens is 1. The van der Waals surface area contributed by atoms with Crippen LogP contribution in [0, 0.1) is 0 Å². The van der Waals surface area contributed by atoms with Crippen molar-refractivity contribution < 1.29 is 9.21 Å². The molecule has 0 aliphatic carbocycles. The Morgan fingerprint density at radius 1 is 1.12 bits per heavy atom. The highest BCUT2D eigenvalue weighted by atomic mass is 35.5. The first-order valence-electron chi connectivity index (χ1n) is 7.68. The number of nitrogens with two attached hydrogens (primary N) is 1. The van der Waals surface area contributed by atoms with Crippen LogP contribution in [0.5, 0.6) is 0 Å². The maximum atomic E-state index is 12.8. The number of rotatable bonds is 2. The number of nitrogens with zero attached hydrogens (tertiary/aromatic N) is 1. The number of nitrogen functional groups attached to an aromatic ring is 1. The molecule has 24 heavy (non-hydrogen) atoms. The van der Waals surface area contributed by atoms with Crippen molar-refractivity contribution in [3.63, 3.8) is 0 Å². The molecule has 0 saturated heterocycles. The highest BCUT2D eigenvalue weighted by Crippen LogP contribution is 2.31. The maximum Gasteiger partial charge on any atom is 0.294 e. The van der Waals surface area contributed by atoms with E-state index in [2.05, 4.69) is 0 Å². The van der Waals surface area contributed by atoms with Crippen molar-refractivity contribution in [1.29, 1.82) is 0 Å². The van der Waals surface area contributed by atoms with Crippen LogP contribution in [0.15, 0.2) is 59.0 Å². The van der Waals surface area contributed by atoms with E-state index in [-0.39, 0.29) is 5.91 Å². The second-order valence-electron chi connectivity index (χ2n) is 5.74. The topological polar surface area (TPSA) is 59.5 Å². The Labute approximate surface area is 144 Å². The van der Waals surface area contributed by atoms with E-state index in [4.69, 9.17) is 21.8 Å². The Morgan fingerprint density at radius 2 is 1.96 bits per heavy atom. The zero-order valence-corrected chi connectivity index (χ0v) is 13.6. The SMILES string of the molecule is Nc1cc(-c2ccc(C(=O)N3CCc4ccccc43)o2)ccc1Cl. The van der Waals surface area contributed by atoms with E-state index >= 15 is 0 Å². The van der Waals surface area contributed by atoms with Gasteiger partial charge in [-0.1, -0.05) is 29.8 Å². The number of hydrogen-bond donors (Lipinski definition) is 1. The van der Waals surface area contributed by atoms with E-state index in [0.29, 0.717) is 28.8 Å². The second kappa shape index (κ2) is 5.73. The van der Waals surface area contributed by atoms with Crippen LogP contribution in [-0.2, 0) is 6.42 Å². The average Bonchev–Trinajstić information content (AvgIpc) is 3.24. The highest BCUT2D eigenvalue weighted by Gasteiger charge is 2.27. The molecule has 4 rings (SSSR count). The summed E-state index contributed by atoms with van der Waals surface area (Å²) < 4.78 is 5.76. The van der Waals surface area contributed by atoms with E-state index < -0.39 is 0 Å². The van der Waals surface area contributed by atoms with Crippen molar-refractivity contribution in [2.24, 2.45) is 0 Å². The molecule has 2 N–H and O–H groups in total. The lowest BCUT2D eigenvalue weighted by Gasteiger charge is -2.15. The average molecular weight is 339 g/mol. The minimum absolute atomic E-state index is 0.131. The first-order chi connectivity index (χ1) is 11.6. The maximum absolute atomic E-state index is 12.8. The summed E-state index contributed by atoms with van der Waals surface area (Å²) in [6.45, 7) is 0.669. The van der Waals surface area contributed by atoms with Gasteiger partial charge in [0.2, 0.25) is 0 Å². The molecule has 0 unspecified atom stereocenters. The van der Waals surface area contributed by atoms with E-state index in [1.807, 2.05) is 30.3 Å². The molecule has 1 aliphatic rings. The minimum Gasteiger partial charge on any atom is -0.451 e. The number of amides is 1. The van der Waals surface area contributed by atoms with Gasteiger partial charge in [-0.2, -0.15) is 0 Å². The van der Waals surface area contributed by atoms with Crippen molar-refractivity contribution in [2.75, 3.05) is 17.2 Å². The molecule has 0 saturated carbocycles. The Balaban J connectivity index is 1.63. The summed E-state index contributed by atoms with van der Waals surface area (Å²) in [5.41, 5.74) is 9.23. The first-order valence-corrected chi connectivity index (χ1v) is 8.06. The fraction of sp³-hybridized carbons (Fsp3) is 0.105. The lowest BCUT2D eigenvalue weighted by molar-refractivity contribution is 0.0963. The van der Waals surface area contributed by atoms with Crippen LogP contribution in [0.2, 0.25) is 5.02 Å². The van der Waals surface area contributed by atoms with Crippen LogP contribution in [0.25, 0.3) is 11.3 Å². The number of carbonyl (C=O) groups excluding carboxylic acids is 1. The standard InChI is InChI=1S/C19H15ClN2O2/c20-14-6-5-13(11-15(14)21)17-7-8-18(24-17)19(23)22-10-9-12-3-1-2-4-16(12)22/h1-8,11H,9-10,21H2. The molecule has 0 bridgehead atoms.